The van der Waals surface area contributed by atoms with E-state index in [1.54, 1.807) is 36.4 Å². The van der Waals surface area contributed by atoms with Gasteiger partial charge in [-0.05, 0) is 42.0 Å². The predicted octanol–water partition coefficient (Wildman–Crippen LogP) is 3.80. The Hall–Kier alpha value is -3.48. The van der Waals surface area contributed by atoms with Crippen LogP contribution in [-0.4, -0.2) is 19.6 Å². The van der Waals surface area contributed by atoms with E-state index in [0.29, 0.717) is 27.8 Å². The van der Waals surface area contributed by atoms with Gasteiger partial charge in [0.25, 0.3) is 5.91 Å². The number of hydrogen-bond donors (Lipinski definition) is 1. The van der Waals surface area contributed by atoms with Gasteiger partial charge in [0.05, 0.1) is 12.8 Å². The number of rotatable bonds is 6. The number of nitriles is 2. The molecule has 2 rings (SSSR count). The molecule has 0 aromatic heterocycles. The first kappa shape index (κ1) is 18.9. The van der Waals surface area contributed by atoms with Crippen molar-refractivity contribution >= 4 is 29.3 Å². The van der Waals surface area contributed by atoms with Gasteiger partial charge < -0.3 is 14.8 Å². The van der Waals surface area contributed by atoms with Crippen LogP contribution in [0.5, 0.6) is 11.5 Å². The number of hydrogen-bond acceptors (Lipinski definition) is 5. The van der Waals surface area contributed by atoms with E-state index in [1.807, 2.05) is 12.1 Å². The van der Waals surface area contributed by atoms with Crippen molar-refractivity contribution in [1.29, 1.82) is 10.5 Å². The number of carbonyl (C=O) groups excluding carboxylic acids is 1. The second-order valence-corrected chi connectivity index (χ2v) is 5.42. The molecule has 6 nitrogen and oxygen atoms in total. The summed E-state index contributed by atoms with van der Waals surface area (Å²) >= 11 is 5.93. The topological polar surface area (TPSA) is 95.1 Å². The lowest BCUT2D eigenvalue weighted by molar-refractivity contribution is -0.112. The zero-order valence-corrected chi connectivity index (χ0v) is 14.6. The second kappa shape index (κ2) is 9.12. The Morgan fingerprint density at radius 1 is 1.23 bits per heavy atom. The van der Waals surface area contributed by atoms with Gasteiger partial charge in [-0.2, -0.15) is 10.5 Å². The normalized spacial score (nSPS) is 10.4. The molecule has 0 aliphatic rings. The number of halogens is 1. The highest BCUT2D eigenvalue weighted by Crippen LogP contribution is 2.28. The number of anilines is 1. The molecule has 0 radical (unpaired) electrons. The van der Waals surface area contributed by atoms with Crippen molar-refractivity contribution in [1.82, 2.24) is 0 Å². The van der Waals surface area contributed by atoms with Crippen LogP contribution in [0.1, 0.15) is 5.56 Å². The first-order chi connectivity index (χ1) is 12.6. The molecule has 0 spiro atoms. The molecule has 0 heterocycles. The molecule has 2 aromatic rings. The SMILES string of the molecule is COc1ccc(Cl)cc1NC(=O)/C(C#N)=C/c1ccc(OCC#N)cc1. The first-order valence-electron chi connectivity index (χ1n) is 7.44. The maximum atomic E-state index is 12.4. The lowest BCUT2D eigenvalue weighted by Crippen LogP contribution is -2.14. The zero-order chi connectivity index (χ0) is 18.9. The van der Waals surface area contributed by atoms with Crippen molar-refractivity contribution in [3.8, 4) is 23.6 Å². The van der Waals surface area contributed by atoms with E-state index in [2.05, 4.69) is 5.32 Å². The van der Waals surface area contributed by atoms with Gasteiger partial charge in [0.1, 0.15) is 29.2 Å². The van der Waals surface area contributed by atoms with Crippen molar-refractivity contribution in [3.05, 3.63) is 58.6 Å². The minimum Gasteiger partial charge on any atom is -0.495 e. The van der Waals surface area contributed by atoms with Gasteiger partial charge in [-0.3, -0.25) is 4.79 Å². The smallest absolute Gasteiger partial charge is 0.266 e. The summed E-state index contributed by atoms with van der Waals surface area (Å²) in [5.41, 5.74) is 0.920. The summed E-state index contributed by atoms with van der Waals surface area (Å²) in [4.78, 5) is 12.4. The van der Waals surface area contributed by atoms with E-state index in [1.165, 1.54) is 19.3 Å². The van der Waals surface area contributed by atoms with Crippen molar-refractivity contribution in [2.24, 2.45) is 0 Å². The Balaban J connectivity index is 2.18. The minimum atomic E-state index is -0.585. The van der Waals surface area contributed by atoms with E-state index in [4.69, 9.17) is 26.3 Å². The molecule has 2 aromatic carbocycles. The quantitative estimate of drug-likeness (QED) is 0.619. The third-order valence-electron chi connectivity index (χ3n) is 3.27. The van der Waals surface area contributed by atoms with E-state index < -0.39 is 5.91 Å². The highest BCUT2D eigenvalue weighted by molar-refractivity contribution is 6.31. The lowest BCUT2D eigenvalue weighted by Gasteiger charge is -2.10. The molecule has 130 valence electrons. The van der Waals surface area contributed by atoms with Crippen LogP contribution in [0.4, 0.5) is 5.69 Å². The number of nitrogens with zero attached hydrogens (tertiary/aromatic N) is 2. The van der Waals surface area contributed by atoms with Crippen LogP contribution in [0.25, 0.3) is 6.08 Å². The summed E-state index contributed by atoms with van der Waals surface area (Å²) in [6.45, 7) is -0.0531. The summed E-state index contributed by atoms with van der Waals surface area (Å²) < 4.78 is 10.3. The molecule has 1 N–H and O–H groups in total. The largest absolute Gasteiger partial charge is 0.495 e. The Morgan fingerprint density at radius 3 is 2.58 bits per heavy atom. The van der Waals surface area contributed by atoms with Gasteiger partial charge in [0.2, 0.25) is 0 Å². The van der Waals surface area contributed by atoms with Crippen LogP contribution in [0.15, 0.2) is 48.0 Å². The number of nitrogens with one attached hydrogen (secondary N) is 1. The van der Waals surface area contributed by atoms with Crippen LogP contribution < -0.4 is 14.8 Å². The van der Waals surface area contributed by atoms with Gasteiger partial charge in [0.15, 0.2) is 6.61 Å². The Kier molecular flexibility index (Phi) is 6.61. The fourth-order valence-electron chi connectivity index (χ4n) is 2.06. The third kappa shape index (κ3) is 5.01. The van der Waals surface area contributed by atoms with E-state index >= 15 is 0 Å². The molecule has 7 heteroatoms. The lowest BCUT2D eigenvalue weighted by atomic mass is 10.1. The van der Waals surface area contributed by atoms with Gasteiger partial charge in [-0.25, -0.2) is 0 Å². The molecule has 0 atom stereocenters. The first-order valence-corrected chi connectivity index (χ1v) is 7.81. The average molecular weight is 368 g/mol. The fraction of sp³-hybridized carbons (Fsp3) is 0.105. The summed E-state index contributed by atoms with van der Waals surface area (Å²) in [6.07, 6.45) is 1.44. The van der Waals surface area contributed by atoms with E-state index in [0.717, 1.165) is 0 Å². The highest BCUT2D eigenvalue weighted by atomic mass is 35.5. The monoisotopic (exact) mass is 367 g/mol. The summed E-state index contributed by atoms with van der Waals surface area (Å²) in [5.74, 6) is 0.368. The summed E-state index contributed by atoms with van der Waals surface area (Å²) in [7, 11) is 1.47. The van der Waals surface area contributed by atoms with Crippen LogP contribution >= 0.6 is 11.6 Å². The Labute approximate surface area is 155 Å². The molecule has 0 fully saturated rings. The summed E-state index contributed by atoms with van der Waals surface area (Å²) in [6, 6.07) is 15.2. The van der Waals surface area contributed by atoms with Crippen LogP contribution in [-0.2, 0) is 4.79 Å². The molecule has 0 saturated carbocycles. The molecule has 0 unspecified atom stereocenters. The zero-order valence-electron chi connectivity index (χ0n) is 13.8. The minimum absolute atomic E-state index is 0.0531. The van der Waals surface area contributed by atoms with Gasteiger partial charge in [0, 0.05) is 5.02 Å². The molecular weight excluding hydrogens is 354 g/mol. The second-order valence-electron chi connectivity index (χ2n) is 4.98. The fourth-order valence-corrected chi connectivity index (χ4v) is 2.23. The molecule has 0 saturated heterocycles. The molecular formula is C19H14ClN3O3. The van der Waals surface area contributed by atoms with Crippen LogP contribution in [0, 0.1) is 22.7 Å². The maximum Gasteiger partial charge on any atom is 0.266 e. The predicted molar refractivity (Wildman–Crippen MR) is 97.8 cm³/mol. The Bertz CT molecular complexity index is 909. The molecule has 0 aliphatic carbocycles. The highest BCUT2D eigenvalue weighted by Gasteiger charge is 2.13. The van der Waals surface area contributed by atoms with E-state index in [9.17, 15) is 10.1 Å². The number of carbonyl (C=O) groups is 1. The van der Waals surface area contributed by atoms with Crippen molar-refractivity contribution in [2.45, 2.75) is 0 Å². The number of ether oxygens (including phenoxy) is 2. The van der Waals surface area contributed by atoms with Crippen LogP contribution in [0.2, 0.25) is 5.02 Å². The summed E-state index contributed by atoms with van der Waals surface area (Å²) in [5, 5.41) is 20.8. The standard InChI is InChI=1S/C19H14ClN3O3/c1-25-18-7-4-15(20)11-17(18)23-19(24)14(12-22)10-13-2-5-16(6-3-13)26-9-8-21/h2-7,10-11H,9H2,1H3,(H,23,24)/b14-10+. The van der Waals surface area contributed by atoms with Crippen LogP contribution in [0.3, 0.4) is 0 Å². The molecule has 0 bridgehead atoms. The number of amides is 1. The number of methoxy groups -OCH3 is 1. The Morgan fingerprint density at radius 2 is 1.96 bits per heavy atom. The van der Waals surface area contributed by atoms with Gasteiger partial charge in [-0.15, -0.1) is 0 Å². The van der Waals surface area contributed by atoms with Crippen molar-refractivity contribution in [3.63, 3.8) is 0 Å². The number of benzene rings is 2. The molecule has 1 amide bonds. The van der Waals surface area contributed by atoms with Gasteiger partial charge in [-0.1, -0.05) is 23.7 Å². The maximum absolute atomic E-state index is 12.4. The molecule has 0 aliphatic heterocycles. The third-order valence-corrected chi connectivity index (χ3v) is 3.50. The van der Waals surface area contributed by atoms with Gasteiger partial charge >= 0.3 is 0 Å². The molecule has 26 heavy (non-hydrogen) atoms. The van der Waals surface area contributed by atoms with Crippen molar-refractivity contribution in [2.75, 3.05) is 19.0 Å². The van der Waals surface area contributed by atoms with E-state index in [-0.39, 0.29) is 12.2 Å². The average Bonchev–Trinajstić information content (AvgIpc) is 2.65. The van der Waals surface area contributed by atoms with Crippen molar-refractivity contribution < 1.29 is 14.3 Å².